The van der Waals surface area contributed by atoms with E-state index in [1.54, 1.807) is 0 Å². The number of amides is 1. The van der Waals surface area contributed by atoms with Gasteiger partial charge in [0, 0.05) is 12.5 Å². The maximum Gasteiger partial charge on any atom is 0.220 e. The molecule has 0 aromatic rings. The number of hydrogen-bond acceptors (Lipinski definition) is 2. The third kappa shape index (κ3) is 2.42. The molecule has 102 valence electrons. The summed E-state index contributed by atoms with van der Waals surface area (Å²) >= 11 is 0. The van der Waals surface area contributed by atoms with Crippen LogP contribution in [0.25, 0.3) is 0 Å². The van der Waals surface area contributed by atoms with E-state index in [1.807, 2.05) is 0 Å². The highest BCUT2D eigenvalue weighted by atomic mass is 16.1. The van der Waals surface area contributed by atoms with Gasteiger partial charge in [-0.1, -0.05) is 0 Å². The molecule has 4 aliphatic carbocycles. The molecule has 0 saturated heterocycles. The Balaban J connectivity index is 1.52. The van der Waals surface area contributed by atoms with E-state index in [9.17, 15) is 4.79 Å². The van der Waals surface area contributed by atoms with Gasteiger partial charge in [0.2, 0.25) is 5.91 Å². The molecule has 3 N–H and O–H groups in total. The van der Waals surface area contributed by atoms with Crippen LogP contribution in [-0.2, 0) is 4.79 Å². The van der Waals surface area contributed by atoms with Crippen LogP contribution in [0.4, 0.5) is 0 Å². The SMILES string of the molecule is NCCCCC(=O)NC1C2CC3CC(C2)CC1C3. The van der Waals surface area contributed by atoms with Gasteiger partial charge in [0.1, 0.15) is 0 Å². The standard InChI is InChI=1S/C15H26N2O/c16-4-2-1-3-14(18)17-15-12-6-10-5-11(8-12)9-13(15)7-10/h10-13,15H,1-9,16H2,(H,17,18). The molecule has 0 spiro atoms. The Morgan fingerprint density at radius 2 is 1.61 bits per heavy atom. The van der Waals surface area contributed by atoms with E-state index in [4.69, 9.17) is 5.73 Å². The molecule has 18 heavy (non-hydrogen) atoms. The van der Waals surface area contributed by atoms with Crippen LogP contribution >= 0.6 is 0 Å². The summed E-state index contributed by atoms with van der Waals surface area (Å²) in [5.74, 6) is 3.82. The Hall–Kier alpha value is -0.570. The van der Waals surface area contributed by atoms with Gasteiger partial charge in [-0.05, 0) is 75.2 Å². The van der Waals surface area contributed by atoms with Crippen molar-refractivity contribution in [1.82, 2.24) is 5.32 Å². The van der Waals surface area contributed by atoms with Gasteiger partial charge in [0.15, 0.2) is 0 Å². The predicted molar refractivity (Wildman–Crippen MR) is 71.9 cm³/mol. The van der Waals surface area contributed by atoms with E-state index >= 15 is 0 Å². The van der Waals surface area contributed by atoms with Gasteiger partial charge in [-0.3, -0.25) is 4.79 Å². The van der Waals surface area contributed by atoms with Crippen molar-refractivity contribution in [1.29, 1.82) is 0 Å². The minimum Gasteiger partial charge on any atom is -0.353 e. The molecule has 0 aromatic heterocycles. The smallest absolute Gasteiger partial charge is 0.220 e. The van der Waals surface area contributed by atoms with Crippen LogP contribution in [0.1, 0.15) is 51.4 Å². The van der Waals surface area contributed by atoms with Crippen molar-refractivity contribution in [3.8, 4) is 0 Å². The van der Waals surface area contributed by atoms with Crippen LogP contribution < -0.4 is 11.1 Å². The van der Waals surface area contributed by atoms with E-state index in [0.29, 0.717) is 19.0 Å². The number of unbranched alkanes of at least 4 members (excludes halogenated alkanes) is 1. The molecule has 0 aromatic carbocycles. The van der Waals surface area contributed by atoms with E-state index in [0.717, 1.165) is 36.5 Å². The third-order valence-corrected chi connectivity index (χ3v) is 5.41. The molecule has 0 heterocycles. The molecule has 0 unspecified atom stereocenters. The first-order valence-electron chi connectivity index (χ1n) is 7.75. The van der Waals surface area contributed by atoms with Gasteiger partial charge in [-0.15, -0.1) is 0 Å². The second-order valence-electron chi connectivity index (χ2n) is 6.77. The molecule has 0 radical (unpaired) electrons. The number of nitrogens with two attached hydrogens (primary N) is 1. The second-order valence-corrected chi connectivity index (χ2v) is 6.77. The van der Waals surface area contributed by atoms with Crippen molar-refractivity contribution in [3.05, 3.63) is 0 Å². The first kappa shape index (κ1) is 12.5. The average Bonchev–Trinajstić information content (AvgIpc) is 2.33. The van der Waals surface area contributed by atoms with Gasteiger partial charge in [-0.25, -0.2) is 0 Å². The highest BCUT2D eigenvalue weighted by Crippen LogP contribution is 2.53. The summed E-state index contributed by atoms with van der Waals surface area (Å²) in [6.07, 6.45) is 9.55. The van der Waals surface area contributed by atoms with Crippen molar-refractivity contribution < 1.29 is 4.79 Å². The Morgan fingerprint density at radius 3 is 2.17 bits per heavy atom. The lowest BCUT2D eigenvalue weighted by Gasteiger charge is -2.54. The zero-order chi connectivity index (χ0) is 12.5. The molecule has 4 rings (SSSR count). The highest BCUT2D eigenvalue weighted by molar-refractivity contribution is 5.76. The zero-order valence-corrected chi connectivity index (χ0v) is 11.2. The second kappa shape index (κ2) is 5.20. The Labute approximate surface area is 110 Å². The summed E-state index contributed by atoms with van der Waals surface area (Å²) in [5, 5.41) is 3.34. The number of hydrogen-bond donors (Lipinski definition) is 2. The lowest BCUT2D eigenvalue weighted by molar-refractivity contribution is -0.125. The number of carbonyl (C=O) groups excluding carboxylic acids is 1. The zero-order valence-electron chi connectivity index (χ0n) is 11.2. The van der Waals surface area contributed by atoms with Crippen molar-refractivity contribution in [2.75, 3.05) is 6.54 Å². The van der Waals surface area contributed by atoms with Crippen molar-refractivity contribution in [2.24, 2.45) is 29.4 Å². The van der Waals surface area contributed by atoms with Crippen LogP contribution in [0.15, 0.2) is 0 Å². The summed E-state index contributed by atoms with van der Waals surface area (Å²) in [4.78, 5) is 12.0. The van der Waals surface area contributed by atoms with Gasteiger partial charge in [0.05, 0.1) is 0 Å². The minimum atomic E-state index is 0.265. The molecule has 1 amide bonds. The Morgan fingerprint density at radius 1 is 1.00 bits per heavy atom. The van der Waals surface area contributed by atoms with Gasteiger partial charge in [-0.2, -0.15) is 0 Å². The molecule has 3 heteroatoms. The van der Waals surface area contributed by atoms with Crippen molar-refractivity contribution in [3.63, 3.8) is 0 Å². The van der Waals surface area contributed by atoms with E-state index in [2.05, 4.69) is 5.32 Å². The predicted octanol–water partition coefficient (Wildman–Crippen LogP) is 2.06. The van der Waals surface area contributed by atoms with Crippen molar-refractivity contribution in [2.45, 2.75) is 57.4 Å². The molecular formula is C15H26N2O. The molecule has 0 atom stereocenters. The van der Waals surface area contributed by atoms with Gasteiger partial charge in [0.25, 0.3) is 0 Å². The van der Waals surface area contributed by atoms with Crippen LogP contribution in [0, 0.1) is 23.7 Å². The maximum atomic E-state index is 12.0. The van der Waals surface area contributed by atoms with Crippen LogP contribution in [-0.4, -0.2) is 18.5 Å². The largest absolute Gasteiger partial charge is 0.353 e. The average molecular weight is 250 g/mol. The molecule has 4 aliphatic rings. The Kier molecular flexibility index (Phi) is 3.60. The fourth-order valence-electron chi connectivity index (χ4n) is 4.85. The lowest BCUT2D eigenvalue weighted by atomic mass is 9.54. The highest BCUT2D eigenvalue weighted by Gasteiger charge is 2.48. The summed E-state index contributed by atoms with van der Waals surface area (Å²) in [6, 6.07) is 0.503. The van der Waals surface area contributed by atoms with E-state index in [-0.39, 0.29) is 5.91 Å². The summed E-state index contributed by atoms with van der Waals surface area (Å²) in [7, 11) is 0. The monoisotopic (exact) mass is 250 g/mol. The molecule has 3 nitrogen and oxygen atoms in total. The van der Waals surface area contributed by atoms with E-state index in [1.165, 1.54) is 32.1 Å². The van der Waals surface area contributed by atoms with Crippen LogP contribution in [0.3, 0.4) is 0 Å². The van der Waals surface area contributed by atoms with Crippen LogP contribution in [0.2, 0.25) is 0 Å². The first-order chi connectivity index (χ1) is 8.76. The molecule has 4 bridgehead atoms. The quantitative estimate of drug-likeness (QED) is 0.734. The third-order valence-electron chi connectivity index (χ3n) is 5.41. The Bertz CT molecular complexity index is 288. The van der Waals surface area contributed by atoms with E-state index < -0.39 is 0 Å². The van der Waals surface area contributed by atoms with Gasteiger partial charge < -0.3 is 11.1 Å². The van der Waals surface area contributed by atoms with Crippen LogP contribution in [0.5, 0.6) is 0 Å². The maximum absolute atomic E-state index is 12.0. The normalized spacial score (nSPS) is 41.1. The topological polar surface area (TPSA) is 55.1 Å². The minimum absolute atomic E-state index is 0.265. The summed E-state index contributed by atoms with van der Waals surface area (Å²) in [5.41, 5.74) is 5.46. The molecule has 4 saturated carbocycles. The van der Waals surface area contributed by atoms with Crippen molar-refractivity contribution >= 4 is 5.91 Å². The number of nitrogens with one attached hydrogen (secondary N) is 1. The molecular weight excluding hydrogens is 224 g/mol. The molecule has 4 fully saturated rings. The summed E-state index contributed by atoms with van der Waals surface area (Å²) < 4.78 is 0. The summed E-state index contributed by atoms with van der Waals surface area (Å²) in [6.45, 7) is 0.700. The lowest BCUT2D eigenvalue weighted by Crippen LogP contribution is -2.55. The fourth-order valence-corrected chi connectivity index (χ4v) is 4.85. The number of carbonyl (C=O) groups is 1. The number of rotatable bonds is 5. The fraction of sp³-hybridized carbons (Fsp3) is 0.933. The van der Waals surface area contributed by atoms with Gasteiger partial charge >= 0.3 is 0 Å². The first-order valence-corrected chi connectivity index (χ1v) is 7.75. The molecule has 0 aliphatic heterocycles.